The summed E-state index contributed by atoms with van der Waals surface area (Å²) in [6.07, 6.45) is 7.78. The fraction of sp³-hybridized carbons (Fsp3) is 0.696. The van der Waals surface area contributed by atoms with Crippen molar-refractivity contribution in [2.45, 2.75) is 51.4 Å². The van der Waals surface area contributed by atoms with E-state index >= 15 is 0 Å². The summed E-state index contributed by atoms with van der Waals surface area (Å²) in [7, 11) is -3.24. The van der Waals surface area contributed by atoms with Gasteiger partial charge < -0.3 is 10.2 Å². The molecule has 0 radical (unpaired) electrons. The highest BCUT2D eigenvalue weighted by atomic mass is 32.2. The molecule has 168 valence electrons. The highest BCUT2D eigenvalue weighted by molar-refractivity contribution is 7.89. The van der Waals surface area contributed by atoms with Crippen molar-refractivity contribution in [1.82, 2.24) is 14.5 Å². The molecule has 0 aromatic heterocycles. The molecule has 6 nitrogen and oxygen atoms in total. The number of hydrogen-bond donors (Lipinski definition) is 1. The van der Waals surface area contributed by atoms with Crippen molar-refractivity contribution in [3.05, 3.63) is 35.9 Å². The van der Waals surface area contributed by atoms with E-state index in [1.165, 1.54) is 31.2 Å². The Morgan fingerprint density at radius 2 is 1.63 bits per heavy atom. The van der Waals surface area contributed by atoms with E-state index in [9.17, 15) is 13.2 Å². The van der Waals surface area contributed by atoms with Crippen LogP contribution in [0.4, 0.5) is 0 Å². The molecular weight excluding hydrogens is 398 g/mol. The van der Waals surface area contributed by atoms with Crippen LogP contribution in [0.1, 0.15) is 50.5 Å². The standard InChI is InChI=1S/C23H37N3O3S/c27-23(24-14-19-25-15-6-1-2-7-16-25)22-12-17-26(18-13-22)30(28,29)20-8-11-21-9-4-3-5-10-21/h3-5,9-10,22H,1-2,6-8,11-20H2,(H,24,27). The normalized spacial score (nSPS) is 20.0. The molecule has 1 aromatic carbocycles. The monoisotopic (exact) mass is 435 g/mol. The Balaban J connectivity index is 1.34. The maximum atomic E-state index is 12.6. The second-order valence-electron chi connectivity index (χ2n) is 8.63. The quantitative estimate of drug-likeness (QED) is 0.647. The van der Waals surface area contributed by atoms with Gasteiger partial charge in [0.25, 0.3) is 0 Å². The largest absolute Gasteiger partial charge is 0.355 e. The summed E-state index contributed by atoms with van der Waals surface area (Å²) in [5, 5.41) is 3.08. The zero-order valence-corrected chi connectivity index (χ0v) is 18.9. The Kier molecular flexibility index (Phi) is 9.15. The second kappa shape index (κ2) is 11.8. The van der Waals surface area contributed by atoms with E-state index in [0.717, 1.165) is 26.1 Å². The van der Waals surface area contributed by atoms with Gasteiger partial charge in [-0.1, -0.05) is 43.2 Å². The topological polar surface area (TPSA) is 69.7 Å². The molecule has 2 heterocycles. The lowest BCUT2D eigenvalue weighted by molar-refractivity contribution is -0.126. The number of aryl methyl sites for hydroxylation is 1. The van der Waals surface area contributed by atoms with Crippen molar-refractivity contribution in [2.75, 3.05) is 45.0 Å². The Morgan fingerprint density at radius 3 is 2.30 bits per heavy atom. The number of likely N-dealkylation sites (tertiary alicyclic amines) is 1. The van der Waals surface area contributed by atoms with Crippen LogP contribution in [0.5, 0.6) is 0 Å². The average molecular weight is 436 g/mol. The molecule has 2 saturated heterocycles. The van der Waals surface area contributed by atoms with Gasteiger partial charge in [-0.15, -0.1) is 0 Å². The molecule has 0 saturated carbocycles. The van der Waals surface area contributed by atoms with Crippen LogP contribution in [0.2, 0.25) is 0 Å². The maximum Gasteiger partial charge on any atom is 0.223 e. The minimum atomic E-state index is -3.24. The van der Waals surface area contributed by atoms with E-state index < -0.39 is 10.0 Å². The van der Waals surface area contributed by atoms with Crippen LogP contribution in [0.15, 0.2) is 30.3 Å². The van der Waals surface area contributed by atoms with Gasteiger partial charge >= 0.3 is 0 Å². The first-order valence-electron chi connectivity index (χ1n) is 11.6. The van der Waals surface area contributed by atoms with Crippen LogP contribution in [0, 0.1) is 5.92 Å². The molecule has 0 atom stereocenters. The minimum Gasteiger partial charge on any atom is -0.355 e. The summed E-state index contributed by atoms with van der Waals surface area (Å²) in [4.78, 5) is 14.9. The van der Waals surface area contributed by atoms with Gasteiger partial charge in [-0.2, -0.15) is 0 Å². The van der Waals surface area contributed by atoms with E-state index in [4.69, 9.17) is 0 Å². The smallest absolute Gasteiger partial charge is 0.223 e. The number of rotatable bonds is 9. The molecule has 2 aliphatic heterocycles. The van der Waals surface area contributed by atoms with Crippen LogP contribution < -0.4 is 5.32 Å². The summed E-state index contributed by atoms with van der Waals surface area (Å²) < 4.78 is 26.9. The number of amides is 1. The lowest BCUT2D eigenvalue weighted by Crippen LogP contribution is -2.45. The predicted molar refractivity (Wildman–Crippen MR) is 121 cm³/mol. The summed E-state index contributed by atoms with van der Waals surface area (Å²) in [5.74, 6) is 0.199. The Bertz CT molecular complexity index is 738. The molecule has 2 fully saturated rings. The van der Waals surface area contributed by atoms with Crippen LogP contribution in [-0.4, -0.2) is 68.6 Å². The number of nitrogens with one attached hydrogen (secondary N) is 1. The Hall–Kier alpha value is -1.44. The molecule has 0 unspecified atom stereocenters. The third kappa shape index (κ3) is 7.36. The summed E-state index contributed by atoms with van der Waals surface area (Å²) in [5.41, 5.74) is 1.17. The molecule has 0 aliphatic carbocycles. The fourth-order valence-electron chi connectivity index (χ4n) is 4.47. The molecule has 0 bridgehead atoms. The van der Waals surface area contributed by atoms with E-state index in [1.54, 1.807) is 4.31 Å². The van der Waals surface area contributed by atoms with Gasteiger partial charge in [0.05, 0.1) is 5.75 Å². The number of sulfonamides is 1. The van der Waals surface area contributed by atoms with E-state index in [-0.39, 0.29) is 17.6 Å². The minimum absolute atomic E-state index is 0.0649. The van der Waals surface area contributed by atoms with Gasteiger partial charge in [-0.25, -0.2) is 12.7 Å². The molecular formula is C23H37N3O3S. The van der Waals surface area contributed by atoms with Crippen LogP contribution >= 0.6 is 0 Å². The molecule has 30 heavy (non-hydrogen) atoms. The lowest BCUT2D eigenvalue weighted by atomic mass is 9.97. The van der Waals surface area contributed by atoms with Crippen molar-refractivity contribution in [1.29, 1.82) is 0 Å². The van der Waals surface area contributed by atoms with E-state index in [0.29, 0.717) is 38.9 Å². The number of nitrogens with zero attached hydrogens (tertiary/aromatic N) is 2. The lowest BCUT2D eigenvalue weighted by Gasteiger charge is -2.30. The van der Waals surface area contributed by atoms with Crippen molar-refractivity contribution in [3.8, 4) is 0 Å². The molecule has 0 spiro atoms. The molecule has 2 aliphatic rings. The van der Waals surface area contributed by atoms with Crippen LogP contribution in [0.3, 0.4) is 0 Å². The van der Waals surface area contributed by atoms with Gasteiger partial charge in [0.1, 0.15) is 0 Å². The maximum absolute atomic E-state index is 12.6. The predicted octanol–water partition coefficient (Wildman–Crippen LogP) is 2.65. The SMILES string of the molecule is O=C(NCCN1CCCCCC1)C1CCN(S(=O)(=O)CCCc2ccccc2)CC1. The third-order valence-corrected chi connectivity index (χ3v) is 8.31. The third-order valence-electron chi connectivity index (χ3n) is 6.35. The van der Waals surface area contributed by atoms with E-state index in [2.05, 4.69) is 10.2 Å². The van der Waals surface area contributed by atoms with Gasteiger partial charge in [-0.05, 0) is 57.2 Å². The first-order valence-corrected chi connectivity index (χ1v) is 13.2. The number of hydrogen-bond acceptors (Lipinski definition) is 4. The van der Waals surface area contributed by atoms with Gasteiger partial charge in [0.15, 0.2) is 0 Å². The van der Waals surface area contributed by atoms with Crippen molar-refractivity contribution < 1.29 is 13.2 Å². The Labute approximate surface area is 182 Å². The number of carbonyl (C=O) groups excluding carboxylic acids is 1. The zero-order chi connectivity index (χ0) is 21.2. The fourth-order valence-corrected chi connectivity index (χ4v) is 6.00. The first kappa shape index (κ1) is 23.2. The number of benzene rings is 1. The van der Waals surface area contributed by atoms with Gasteiger partial charge in [-0.3, -0.25) is 4.79 Å². The molecule has 1 aromatic rings. The number of piperidine rings is 1. The Morgan fingerprint density at radius 1 is 0.967 bits per heavy atom. The zero-order valence-electron chi connectivity index (χ0n) is 18.1. The summed E-state index contributed by atoms with van der Waals surface area (Å²) in [6.45, 7) is 4.79. The molecule has 1 N–H and O–H groups in total. The first-order chi connectivity index (χ1) is 14.5. The molecule has 7 heteroatoms. The molecule has 1 amide bonds. The van der Waals surface area contributed by atoms with Gasteiger partial charge in [0, 0.05) is 32.1 Å². The molecule has 3 rings (SSSR count). The van der Waals surface area contributed by atoms with Crippen molar-refractivity contribution >= 4 is 15.9 Å². The van der Waals surface area contributed by atoms with Crippen LogP contribution in [0.25, 0.3) is 0 Å². The summed E-state index contributed by atoms with van der Waals surface area (Å²) in [6, 6.07) is 9.99. The highest BCUT2D eigenvalue weighted by Gasteiger charge is 2.30. The highest BCUT2D eigenvalue weighted by Crippen LogP contribution is 2.21. The van der Waals surface area contributed by atoms with Crippen LogP contribution in [-0.2, 0) is 21.2 Å². The second-order valence-corrected chi connectivity index (χ2v) is 10.7. The number of carbonyl (C=O) groups is 1. The average Bonchev–Trinajstić information content (AvgIpc) is 3.03. The summed E-state index contributed by atoms with van der Waals surface area (Å²) >= 11 is 0. The van der Waals surface area contributed by atoms with E-state index in [1.807, 2.05) is 30.3 Å². The van der Waals surface area contributed by atoms with Gasteiger partial charge in [0.2, 0.25) is 15.9 Å². The van der Waals surface area contributed by atoms with Crippen molar-refractivity contribution in [3.63, 3.8) is 0 Å². The van der Waals surface area contributed by atoms with Crippen molar-refractivity contribution in [2.24, 2.45) is 5.92 Å².